The Bertz CT molecular complexity index is 803. The van der Waals surface area contributed by atoms with Crippen LogP contribution in [0.2, 0.25) is 10.0 Å². The number of anilines is 1. The highest BCUT2D eigenvalue weighted by molar-refractivity contribution is 7.08. The number of aromatic nitrogens is 4. The number of carbonyl (C=O) groups is 1. The number of tetrazole rings is 1. The van der Waals surface area contributed by atoms with E-state index in [0.717, 1.165) is 5.56 Å². The van der Waals surface area contributed by atoms with E-state index in [0.29, 0.717) is 21.6 Å². The maximum Gasteiger partial charge on any atom is 0.248 e. The normalized spacial score (nSPS) is 10.6. The van der Waals surface area contributed by atoms with Crippen LogP contribution in [0.1, 0.15) is 0 Å². The topological polar surface area (TPSA) is 72.7 Å². The van der Waals surface area contributed by atoms with Gasteiger partial charge in [-0.1, -0.05) is 23.2 Å². The molecule has 0 saturated carbocycles. The minimum Gasteiger partial charge on any atom is -0.323 e. The smallest absolute Gasteiger partial charge is 0.248 e. The number of carbonyl (C=O) groups excluding carboxylic acids is 1. The van der Waals surface area contributed by atoms with Crippen LogP contribution in [0.4, 0.5) is 5.69 Å². The summed E-state index contributed by atoms with van der Waals surface area (Å²) >= 11 is 13.3. The Morgan fingerprint density at radius 3 is 2.91 bits per heavy atom. The zero-order valence-corrected chi connectivity index (χ0v) is 13.4. The first kappa shape index (κ1) is 15.0. The summed E-state index contributed by atoms with van der Waals surface area (Å²) in [5.41, 5.74) is 1.35. The van der Waals surface area contributed by atoms with Gasteiger partial charge in [0.2, 0.25) is 11.7 Å². The highest BCUT2D eigenvalue weighted by Crippen LogP contribution is 2.25. The van der Waals surface area contributed by atoms with Crippen LogP contribution in [0, 0.1) is 0 Å². The molecule has 1 N–H and O–H groups in total. The first-order valence-corrected chi connectivity index (χ1v) is 7.87. The molecule has 0 unspecified atom stereocenters. The minimum absolute atomic E-state index is 0.0594. The summed E-state index contributed by atoms with van der Waals surface area (Å²) in [6, 6.07) is 6.72. The largest absolute Gasteiger partial charge is 0.323 e. The van der Waals surface area contributed by atoms with Gasteiger partial charge in [0.05, 0.1) is 10.7 Å². The van der Waals surface area contributed by atoms with Crippen molar-refractivity contribution in [3.63, 3.8) is 0 Å². The van der Waals surface area contributed by atoms with Crippen LogP contribution in [-0.4, -0.2) is 26.1 Å². The van der Waals surface area contributed by atoms with Crippen LogP contribution in [0.5, 0.6) is 0 Å². The molecule has 2 aromatic heterocycles. The van der Waals surface area contributed by atoms with E-state index in [2.05, 4.69) is 20.7 Å². The third kappa shape index (κ3) is 3.44. The van der Waals surface area contributed by atoms with Crippen molar-refractivity contribution in [2.75, 3.05) is 5.32 Å². The van der Waals surface area contributed by atoms with Gasteiger partial charge in [-0.05, 0) is 34.9 Å². The van der Waals surface area contributed by atoms with Crippen LogP contribution < -0.4 is 5.32 Å². The lowest BCUT2D eigenvalue weighted by Gasteiger charge is -2.06. The van der Waals surface area contributed by atoms with Crippen molar-refractivity contribution in [1.82, 2.24) is 20.2 Å². The molecule has 1 amide bonds. The van der Waals surface area contributed by atoms with Gasteiger partial charge in [0, 0.05) is 16.0 Å². The van der Waals surface area contributed by atoms with Crippen molar-refractivity contribution in [2.45, 2.75) is 6.54 Å². The van der Waals surface area contributed by atoms with Crippen molar-refractivity contribution in [2.24, 2.45) is 0 Å². The molecule has 0 aliphatic carbocycles. The Kier molecular flexibility index (Phi) is 4.37. The van der Waals surface area contributed by atoms with Gasteiger partial charge in [-0.25, -0.2) is 0 Å². The van der Waals surface area contributed by atoms with E-state index in [1.54, 1.807) is 29.5 Å². The predicted molar refractivity (Wildman–Crippen MR) is 86.2 cm³/mol. The summed E-state index contributed by atoms with van der Waals surface area (Å²) in [6.45, 7) is -0.0594. The molecular weight excluding hydrogens is 345 g/mol. The fourth-order valence-electron chi connectivity index (χ4n) is 1.73. The van der Waals surface area contributed by atoms with Crippen molar-refractivity contribution in [3.05, 3.63) is 45.1 Å². The van der Waals surface area contributed by atoms with Crippen LogP contribution in [0.3, 0.4) is 0 Å². The lowest BCUT2D eigenvalue weighted by Crippen LogP contribution is -2.20. The highest BCUT2D eigenvalue weighted by atomic mass is 35.5. The molecule has 0 atom stereocenters. The maximum absolute atomic E-state index is 12.0. The number of halogens is 2. The SMILES string of the molecule is O=C(Cn1nnc(-c2ccsc2)n1)Nc1ccc(Cl)cc1Cl. The summed E-state index contributed by atoms with van der Waals surface area (Å²) < 4.78 is 0. The highest BCUT2D eigenvalue weighted by Gasteiger charge is 2.11. The van der Waals surface area contributed by atoms with Gasteiger partial charge < -0.3 is 5.32 Å². The van der Waals surface area contributed by atoms with E-state index in [4.69, 9.17) is 23.2 Å². The van der Waals surface area contributed by atoms with Gasteiger partial charge in [0.25, 0.3) is 0 Å². The van der Waals surface area contributed by atoms with Gasteiger partial charge in [-0.2, -0.15) is 16.1 Å². The van der Waals surface area contributed by atoms with Crippen LogP contribution in [0.15, 0.2) is 35.0 Å². The second kappa shape index (κ2) is 6.43. The zero-order chi connectivity index (χ0) is 15.5. The third-order valence-electron chi connectivity index (χ3n) is 2.72. The van der Waals surface area contributed by atoms with Crippen LogP contribution in [0.25, 0.3) is 11.4 Å². The fourth-order valence-corrected chi connectivity index (χ4v) is 2.82. The molecule has 1 aromatic carbocycles. The molecule has 9 heteroatoms. The van der Waals surface area contributed by atoms with Crippen molar-refractivity contribution in [3.8, 4) is 11.4 Å². The minimum atomic E-state index is -0.307. The maximum atomic E-state index is 12.0. The Balaban J connectivity index is 1.67. The van der Waals surface area contributed by atoms with E-state index in [-0.39, 0.29) is 12.5 Å². The molecular formula is C13H9Cl2N5OS. The molecule has 3 rings (SSSR count). The van der Waals surface area contributed by atoms with Gasteiger partial charge in [0.1, 0.15) is 6.54 Å². The number of hydrogen-bond donors (Lipinski definition) is 1. The Labute approximate surface area is 139 Å². The molecule has 2 heterocycles. The molecule has 0 bridgehead atoms. The first-order valence-electron chi connectivity index (χ1n) is 6.17. The zero-order valence-electron chi connectivity index (χ0n) is 11.0. The average Bonchev–Trinajstić information content (AvgIpc) is 3.12. The summed E-state index contributed by atoms with van der Waals surface area (Å²) in [5, 5.41) is 19.3. The van der Waals surface area contributed by atoms with Crippen molar-refractivity contribution in [1.29, 1.82) is 0 Å². The van der Waals surface area contributed by atoms with Crippen LogP contribution in [-0.2, 0) is 11.3 Å². The average molecular weight is 354 g/mol. The van der Waals surface area contributed by atoms with Gasteiger partial charge in [-0.15, -0.1) is 10.2 Å². The number of thiophene rings is 1. The molecule has 0 aliphatic rings. The molecule has 0 fully saturated rings. The molecule has 0 saturated heterocycles. The number of nitrogens with zero attached hydrogens (tertiary/aromatic N) is 4. The predicted octanol–water partition coefficient (Wildman–Crippen LogP) is 3.35. The second-order valence-corrected chi connectivity index (χ2v) is 5.95. The van der Waals surface area contributed by atoms with Crippen molar-refractivity contribution < 1.29 is 4.79 Å². The molecule has 0 spiro atoms. The molecule has 112 valence electrons. The molecule has 0 aliphatic heterocycles. The Morgan fingerprint density at radius 2 is 2.18 bits per heavy atom. The number of amides is 1. The van der Waals surface area contributed by atoms with Gasteiger partial charge >= 0.3 is 0 Å². The third-order valence-corrected chi connectivity index (χ3v) is 3.95. The fraction of sp³-hybridized carbons (Fsp3) is 0.0769. The van der Waals surface area contributed by atoms with E-state index in [1.807, 2.05) is 16.8 Å². The lowest BCUT2D eigenvalue weighted by molar-refractivity contribution is -0.117. The summed E-state index contributed by atoms with van der Waals surface area (Å²) in [5.74, 6) is 0.178. The monoisotopic (exact) mass is 353 g/mol. The molecule has 6 nitrogen and oxygen atoms in total. The summed E-state index contributed by atoms with van der Waals surface area (Å²) in [4.78, 5) is 13.2. The van der Waals surface area contributed by atoms with E-state index in [1.165, 1.54) is 4.80 Å². The summed E-state index contributed by atoms with van der Waals surface area (Å²) in [7, 11) is 0. The van der Waals surface area contributed by atoms with Gasteiger partial charge in [0.15, 0.2) is 0 Å². The first-order chi connectivity index (χ1) is 10.6. The number of hydrogen-bond acceptors (Lipinski definition) is 5. The summed E-state index contributed by atoms with van der Waals surface area (Å²) in [6.07, 6.45) is 0. The lowest BCUT2D eigenvalue weighted by atomic mass is 10.3. The Hall–Kier alpha value is -1.96. The van der Waals surface area contributed by atoms with Crippen LogP contribution >= 0.6 is 34.5 Å². The quantitative estimate of drug-likeness (QED) is 0.780. The Morgan fingerprint density at radius 1 is 1.32 bits per heavy atom. The molecule has 0 radical (unpaired) electrons. The number of nitrogens with one attached hydrogen (secondary N) is 1. The number of rotatable bonds is 4. The number of benzene rings is 1. The molecule has 22 heavy (non-hydrogen) atoms. The van der Waals surface area contributed by atoms with E-state index < -0.39 is 0 Å². The van der Waals surface area contributed by atoms with Gasteiger partial charge in [-0.3, -0.25) is 4.79 Å². The van der Waals surface area contributed by atoms with E-state index >= 15 is 0 Å². The second-order valence-electron chi connectivity index (χ2n) is 4.33. The van der Waals surface area contributed by atoms with Crippen molar-refractivity contribution >= 4 is 46.1 Å². The standard InChI is InChI=1S/C13H9Cl2N5OS/c14-9-1-2-11(10(15)5-9)16-12(21)6-20-18-13(17-19-20)8-3-4-22-7-8/h1-5,7H,6H2,(H,16,21). The van der Waals surface area contributed by atoms with E-state index in [9.17, 15) is 4.79 Å². The molecule has 3 aromatic rings.